The Labute approximate surface area is 180 Å². The van der Waals surface area contributed by atoms with Crippen LogP contribution in [0, 0.1) is 0 Å². The molecule has 7 nitrogen and oxygen atoms in total. The summed E-state index contributed by atoms with van der Waals surface area (Å²) in [6, 6.07) is 10.3. The number of morpholine rings is 1. The minimum absolute atomic E-state index is 0.0375. The lowest BCUT2D eigenvalue weighted by molar-refractivity contribution is -0.127. The molecular weight excluding hydrogens is 398 g/mol. The van der Waals surface area contributed by atoms with Crippen LogP contribution in [0.25, 0.3) is 21.3 Å². The van der Waals surface area contributed by atoms with E-state index in [4.69, 9.17) is 14.7 Å². The smallest absolute Gasteiger partial charge is 0.241 e. The zero-order chi connectivity index (χ0) is 21.1. The van der Waals surface area contributed by atoms with Crippen molar-refractivity contribution in [3.8, 4) is 11.1 Å². The molecule has 0 saturated carbocycles. The largest absolute Gasteiger partial charge is 0.379 e. The van der Waals surface area contributed by atoms with Crippen molar-refractivity contribution >= 4 is 33.3 Å². The van der Waals surface area contributed by atoms with Crippen molar-refractivity contribution in [2.24, 2.45) is 0 Å². The number of hydrogen-bond donors (Lipinski definition) is 0. The van der Waals surface area contributed by atoms with Gasteiger partial charge in [0, 0.05) is 45.2 Å². The molecule has 3 heterocycles. The zero-order valence-corrected chi connectivity index (χ0v) is 18.5. The van der Waals surface area contributed by atoms with Gasteiger partial charge in [-0.2, -0.15) is 0 Å². The Bertz CT molecular complexity index is 1020. The number of anilines is 1. The highest BCUT2D eigenvalue weighted by molar-refractivity contribution is 7.17. The molecule has 1 saturated heterocycles. The molecule has 1 fully saturated rings. The number of rotatable bonds is 6. The van der Waals surface area contributed by atoms with E-state index in [1.807, 2.05) is 30.1 Å². The SMILES string of the molecule is CN(C)C(=O)CN(C)c1nc(CN2CCOCC2)nc2scc(-c3ccccc3)c12. The van der Waals surface area contributed by atoms with Crippen molar-refractivity contribution in [1.29, 1.82) is 0 Å². The summed E-state index contributed by atoms with van der Waals surface area (Å²) in [5, 5.41) is 3.14. The van der Waals surface area contributed by atoms with E-state index in [1.165, 1.54) is 0 Å². The van der Waals surface area contributed by atoms with Crippen LogP contribution in [0.5, 0.6) is 0 Å². The average Bonchev–Trinajstić information content (AvgIpc) is 3.18. The number of hydrogen-bond acceptors (Lipinski definition) is 7. The van der Waals surface area contributed by atoms with Crippen LogP contribution >= 0.6 is 11.3 Å². The molecule has 2 aromatic heterocycles. The van der Waals surface area contributed by atoms with Crippen LogP contribution < -0.4 is 4.90 Å². The van der Waals surface area contributed by atoms with E-state index < -0.39 is 0 Å². The second kappa shape index (κ2) is 9.07. The third kappa shape index (κ3) is 4.45. The van der Waals surface area contributed by atoms with Gasteiger partial charge in [-0.3, -0.25) is 9.69 Å². The fourth-order valence-electron chi connectivity index (χ4n) is 3.52. The van der Waals surface area contributed by atoms with Crippen LogP contribution in [0.4, 0.5) is 5.82 Å². The Kier molecular flexibility index (Phi) is 6.26. The molecule has 8 heteroatoms. The molecule has 0 N–H and O–H groups in total. The molecular formula is C22H27N5O2S. The molecule has 0 radical (unpaired) electrons. The molecule has 158 valence electrons. The van der Waals surface area contributed by atoms with Crippen molar-refractivity contribution in [3.63, 3.8) is 0 Å². The summed E-state index contributed by atoms with van der Waals surface area (Å²) >= 11 is 1.63. The molecule has 30 heavy (non-hydrogen) atoms. The van der Waals surface area contributed by atoms with Gasteiger partial charge in [-0.15, -0.1) is 11.3 Å². The third-order valence-electron chi connectivity index (χ3n) is 5.25. The standard InChI is InChI=1S/C22H27N5O2S/c1-25(2)19(28)14-26(3)21-20-17(16-7-5-4-6-8-16)15-30-22(20)24-18(23-21)13-27-9-11-29-12-10-27/h4-8,15H,9-14H2,1-3H3. The Balaban J connectivity index is 1.76. The summed E-state index contributed by atoms with van der Waals surface area (Å²) in [7, 11) is 5.47. The van der Waals surface area contributed by atoms with Crippen molar-refractivity contribution in [1.82, 2.24) is 19.8 Å². The molecule has 1 aliphatic heterocycles. The molecule has 1 amide bonds. The second-order valence-corrected chi connectivity index (χ2v) is 8.55. The van der Waals surface area contributed by atoms with Crippen LogP contribution in [-0.4, -0.2) is 79.7 Å². The lowest BCUT2D eigenvalue weighted by atomic mass is 10.1. The number of nitrogens with zero attached hydrogens (tertiary/aromatic N) is 5. The maximum atomic E-state index is 12.4. The number of benzene rings is 1. The highest BCUT2D eigenvalue weighted by atomic mass is 32.1. The molecule has 1 aromatic carbocycles. The fraction of sp³-hybridized carbons (Fsp3) is 0.409. The summed E-state index contributed by atoms with van der Waals surface area (Å²) in [5.41, 5.74) is 2.23. The first-order chi connectivity index (χ1) is 14.5. The minimum atomic E-state index is 0.0375. The summed E-state index contributed by atoms with van der Waals surface area (Å²) in [6.07, 6.45) is 0. The van der Waals surface area contributed by atoms with Gasteiger partial charge in [-0.25, -0.2) is 9.97 Å². The lowest BCUT2D eigenvalue weighted by Crippen LogP contribution is -2.37. The Morgan fingerprint density at radius 3 is 2.57 bits per heavy atom. The van der Waals surface area contributed by atoms with Gasteiger partial charge in [0.05, 0.1) is 31.7 Å². The van der Waals surface area contributed by atoms with Crippen LogP contribution in [0.2, 0.25) is 0 Å². The van der Waals surface area contributed by atoms with Crippen LogP contribution in [0.15, 0.2) is 35.7 Å². The van der Waals surface area contributed by atoms with Gasteiger partial charge >= 0.3 is 0 Å². The quantitative estimate of drug-likeness (QED) is 0.605. The van der Waals surface area contributed by atoms with E-state index in [2.05, 4.69) is 22.4 Å². The van der Waals surface area contributed by atoms with E-state index in [9.17, 15) is 4.79 Å². The van der Waals surface area contributed by atoms with Crippen molar-refractivity contribution in [3.05, 3.63) is 41.5 Å². The molecule has 0 atom stereocenters. The molecule has 0 unspecified atom stereocenters. The predicted molar refractivity (Wildman–Crippen MR) is 121 cm³/mol. The van der Waals surface area contributed by atoms with Gasteiger partial charge in [0.1, 0.15) is 16.5 Å². The minimum Gasteiger partial charge on any atom is -0.379 e. The summed E-state index contributed by atoms with van der Waals surface area (Å²) < 4.78 is 5.46. The zero-order valence-electron chi connectivity index (χ0n) is 17.7. The fourth-order valence-corrected chi connectivity index (χ4v) is 4.48. The van der Waals surface area contributed by atoms with Gasteiger partial charge in [0.15, 0.2) is 0 Å². The lowest BCUT2D eigenvalue weighted by Gasteiger charge is -2.26. The first kappa shape index (κ1) is 20.7. The molecule has 4 rings (SSSR count). The maximum absolute atomic E-state index is 12.4. The van der Waals surface area contributed by atoms with Crippen molar-refractivity contribution < 1.29 is 9.53 Å². The molecule has 0 aliphatic carbocycles. The number of carbonyl (C=O) groups is 1. The number of carbonyl (C=O) groups excluding carboxylic acids is 1. The van der Waals surface area contributed by atoms with Gasteiger partial charge < -0.3 is 14.5 Å². The summed E-state index contributed by atoms with van der Waals surface area (Å²) in [4.78, 5) is 29.0. The number of amides is 1. The number of aromatic nitrogens is 2. The van der Waals surface area contributed by atoms with Crippen molar-refractivity contribution in [2.75, 3.05) is 58.9 Å². The first-order valence-corrected chi connectivity index (χ1v) is 11.0. The molecule has 1 aliphatic rings. The Morgan fingerprint density at radius 1 is 1.13 bits per heavy atom. The van der Waals surface area contributed by atoms with Gasteiger partial charge in [-0.1, -0.05) is 30.3 Å². The Morgan fingerprint density at radius 2 is 1.87 bits per heavy atom. The number of ether oxygens (including phenoxy) is 1. The van der Waals surface area contributed by atoms with E-state index >= 15 is 0 Å². The average molecular weight is 426 g/mol. The highest BCUT2D eigenvalue weighted by Crippen LogP contribution is 2.38. The molecule has 0 bridgehead atoms. The Hall–Kier alpha value is -2.55. The third-order valence-corrected chi connectivity index (χ3v) is 6.12. The van der Waals surface area contributed by atoms with Crippen LogP contribution in [-0.2, 0) is 16.1 Å². The number of likely N-dealkylation sites (N-methyl/N-ethyl adjacent to an activating group) is 2. The van der Waals surface area contributed by atoms with Gasteiger partial charge in [0.2, 0.25) is 5.91 Å². The van der Waals surface area contributed by atoms with E-state index in [-0.39, 0.29) is 12.5 Å². The van der Waals surface area contributed by atoms with Crippen LogP contribution in [0.3, 0.4) is 0 Å². The summed E-state index contributed by atoms with van der Waals surface area (Å²) in [6.45, 7) is 4.18. The summed E-state index contributed by atoms with van der Waals surface area (Å²) in [5.74, 6) is 1.62. The topological polar surface area (TPSA) is 61.8 Å². The molecule has 0 spiro atoms. The van der Waals surface area contributed by atoms with E-state index in [0.717, 1.165) is 59.3 Å². The van der Waals surface area contributed by atoms with Crippen molar-refractivity contribution in [2.45, 2.75) is 6.54 Å². The van der Waals surface area contributed by atoms with Crippen LogP contribution in [0.1, 0.15) is 5.82 Å². The van der Waals surface area contributed by atoms with E-state index in [0.29, 0.717) is 6.54 Å². The normalized spacial score (nSPS) is 14.8. The number of fused-ring (bicyclic) bond motifs is 1. The second-order valence-electron chi connectivity index (χ2n) is 7.69. The van der Waals surface area contributed by atoms with Gasteiger partial charge in [0.25, 0.3) is 0 Å². The highest BCUT2D eigenvalue weighted by Gasteiger charge is 2.21. The molecule has 3 aromatic rings. The monoisotopic (exact) mass is 425 g/mol. The predicted octanol–water partition coefficient (Wildman–Crippen LogP) is 2.71. The van der Waals surface area contributed by atoms with E-state index in [1.54, 1.807) is 30.3 Å². The maximum Gasteiger partial charge on any atom is 0.241 e. The number of thiophene rings is 1. The first-order valence-electron chi connectivity index (χ1n) is 10.1. The van der Waals surface area contributed by atoms with Gasteiger partial charge in [-0.05, 0) is 5.56 Å².